The van der Waals surface area contributed by atoms with E-state index in [0.29, 0.717) is 12.1 Å². The van der Waals surface area contributed by atoms with Gasteiger partial charge in [0.15, 0.2) is 0 Å². The highest BCUT2D eigenvalue weighted by molar-refractivity contribution is 5.97. The zero-order valence-electron chi connectivity index (χ0n) is 19.6. The van der Waals surface area contributed by atoms with E-state index in [-0.39, 0.29) is 11.4 Å². The number of esters is 1. The molecule has 0 saturated heterocycles. The molecule has 184 valence electrons. The number of carbonyl (C=O) groups excluding carboxylic acids is 2. The molecule has 4 aromatic rings. The van der Waals surface area contributed by atoms with Crippen LogP contribution in [0.1, 0.15) is 44.9 Å². The standard InChI is InChI=1S/C25H24N6O5/c1-14(28-23(33)21-20(26)22(32)30-25(35)29-21)16-6-4-7-17(10-16)19-11-27-31(13-19)12-15-5-3-8-18(9-15)24(34)36-2/h3-11,13-14H,12,26H2,1-2H3,(H,28,33)(H2,29,30,32,35)/t14-/m1/s1. The van der Waals surface area contributed by atoms with Gasteiger partial charge in [-0.1, -0.05) is 30.3 Å². The molecule has 11 heteroatoms. The molecule has 0 aliphatic carbocycles. The molecule has 0 saturated carbocycles. The van der Waals surface area contributed by atoms with Gasteiger partial charge in [-0.25, -0.2) is 9.59 Å². The van der Waals surface area contributed by atoms with E-state index in [0.717, 1.165) is 22.3 Å². The number of methoxy groups -OCH3 is 1. The first-order valence-electron chi connectivity index (χ1n) is 11.0. The van der Waals surface area contributed by atoms with Crippen molar-refractivity contribution in [2.75, 3.05) is 12.8 Å². The first-order valence-corrected chi connectivity index (χ1v) is 11.0. The number of nitrogens with one attached hydrogen (secondary N) is 3. The molecule has 1 atom stereocenters. The molecule has 4 rings (SSSR count). The van der Waals surface area contributed by atoms with Crippen LogP contribution in [0.15, 0.2) is 70.5 Å². The highest BCUT2D eigenvalue weighted by Gasteiger charge is 2.17. The topological polar surface area (TPSA) is 165 Å². The summed E-state index contributed by atoms with van der Waals surface area (Å²) in [6.45, 7) is 2.24. The molecule has 2 aromatic carbocycles. The quantitative estimate of drug-likeness (QED) is 0.288. The summed E-state index contributed by atoms with van der Waals surface area (Å²) in [4.78, 5) is 51.8. The van der Waals surface area contributed by atoms with E-state index in [4.69, 9.17) is 10.5 Å². The lowest BCUT2D eigenvalue weighted by molar-refractivity contribution is 0.0600. The minimum atomic E-state index is -0.826. The fourth-order valence-corrected chi connectivity index (χ4v) is 3.72. The van der Waals surface area contributed by atoms with Crippen molar-refractivity contribution in [3.8, 4) is 11.1 Å². The van der Waals surface area contributed by atoms with Crippen LogP contribution in [0, 0.1) is 0 Å². The zero-order chi connectivity index (χ0) is 25.8. The summed E-state index contributed by atoms with van der Waals surface area (Å²) in [6, 6.07) is 14.2. The van der Waals surface area contributed by atoms with Crippen molar-refractivity contribution in [3.63, 3.8) is 0 Å². The molecular formula is C25H24N6O5. The Bertz CT molecular complexity index is 1550. The predicted octanol–water partition coefficient (Wildman–Crippen LogP) is 1.83. The van der Waals surface area contributed by atoms with Gasteiger partial charge in [-0.2, -0.15) is 5.10 Å². The molecule has 0 radical (unpaired) electrons. The van der Waals surface area contributed by atoms with Crippen LogP contribution in [0.3, 0.4) is 0 Å². The van der Waals surface area contributed by atoms with Gasteiger partial charge in [-0.3, -0.25) is 19.3 Å². The molecule has 36 heavy (non-hydrogen) atoms. The minimum Gasteiger partial charge on any atom is -0.465 e. The average Bonchev–Trinajstić information content (AvgIpc) is 3.34. The summed E-state index contributed by atoms with van der Waals surface area (Å²) >= 11 is 0. The number of benzene rings is 2. The second kappa shape index (κ2) is 10.1. The highest BCUT2D eigenvalue weighted by atomic mass is 16.5. The third kappa shape index (κ3) is 5.25. The molecule has 0 spiro atoms. The Balaban J connectivity index is 1.50. The second-order valence-corrected chi connectivity index (χ2v) is 8.14. The molecule has 11 nitrogen and oxygen atoms in total. The maximum Gasteiger partial charge on any atom is 0.337 e. The number of carbonyl (C=O) groups is 2. The van der Waals surface area contributed by atoms with E-state index < -0.39 is 29.2 Å². The van der Waals surface area contributed by atoms with Crippen molar-refractivity contribution in [1.82, 2.24) is 25.1 Å². The van der Waals surface area contributed by atoms with Crippen molar-refractivity contribution in [3.05, 3.63) is 104 Å². The van der Waals surface area contributed by atoms with Gasteiger partial charge in [-0.15, -0.1) is 0 Å². The summed E-state index contributed by atoms with van der Waals surface area (Å²) < 4.78 is 6.53. The second-order valence-electron chi connectivity index (χ2n) is 8.14. The molecule has 0 aliphatic heterocycles. The number of hydrogen-bond donors (Lipinski definition) is 4. The molecule has 0 aliphatic rings. The Hall–Kier alpha value is -4.93. The molecule has 0 unspecified atom stereocenters. The van der Waals surface area contributed by atoms with Gasteiger partial charge in [0.2, 0.25) is 0 Å². The number of aromatic nitrogens is 4. The molecule has 5 N–H and O–H groups in total. The van der Waals surface area contributed by atoms with Crippen LogP contribution in [-0.2, 0) is 11.3 Å². The van der Waals surface area contributed by atoms with E-state index >= 15 is 0 Å². The number of H-pyrrole nitrogens is 2. The lowest BCUT2D eigenvalue weighted by Gasteiger charge is -2.15. The van der Waals surface area contributed by atoms with E-state index in [1.54, 1.807) is 36.0 Å². The van der Waals surface area contributed by atoms with Crippen molar-refractivity contribution in [1.29, 1.82) is 0 Å². The molecule has 2 aromatic heterocycles. The number of rotatable bonds is 7. The number of nitrogen functional groups attached to an aromatic ring is 1. The minimum absolute atomic E-state index is 0.288. The predicted molar refractivity (Wildman–Crippen MR) is 133 cm³/mol. The normalized spacial score (nSPS) is 11.6. The summed E-state index contributed by atoms with van der Waals surface area (Å²) in [7, 11) is 1.34. The van der Waals surface area contributed by atoms with E-state index in [9.17, 15) is 19.2 Å². The van der Waals surface area contributed by atoms with Crippen LogP contribution in [0.2, 0.25) is 0 Å². The maximum absolute atomic E-state index is 12.6. The van der Waals surface area contributed by atoms with E-state index in [2.05, 4.69) is 15.4 Å². The van der Waals surface area contributed by atoms with E-state index in [1.165, 1.54) is 7.11 Å². The Morgan fingerprint density at radius 3 is 2.67 bits per heavy atom. The smallest absolute Gasteiger partial charge is 0.337 e. The SMILES string of the molecule is COC(=O)c1cccc(Cn2cc(-c3cccc([C@@H](C)NC(=O)c4[nH]c(=O)[nH]c(=O)c4N)c3)cn2)c1. The van der Waals surface area contributed by atoms with Gasteiger partial charge in [0, 0.05) is 11.8 Å². The number of ether oxygens (including phenoxy) is 1. The Kier molecular flexibility index (Phi) is 6.81. The lowest BCUT2D eigenvalue weighted by Crippen LogP contribution is -2.34. The summed E-state index contributed by atoms with van der Waals surface area (Å²) in [5.41, 5.74) is 7.26. The van der Waals surface area contributed by atoms with E-state index in [1.807, 2.05) is 41.5 Å². The fraction of sp³-hybridized carbons (Fsp3) is 0.160. The van der Waals surface area contributed by atoms with Crippen LogP contribution in [0.25, 0.3) is 11.1 Å². The molecule has 0 fully saturated rings. The van der Waals surface area contributed by atoms with Crippen LogP contribution in [0.4, 0.5) is 5.69 Å². The maximum atomic E-state index is 12.6. The van der Waals surface area contributed by atoms with Crippen molar-refractivity contribution in [2.24, 2.45) is 0 Å². The highest BCUT2D eigenvalue weighted by Crippen LogP contribution is 2.23. The number of nitrogens with two attached hydrogens (primary N) is 1. The van der Waals surface area contributed by atoms with Gasteiger partial charge in [0.25, 0.3) is 11.5 Å². The molecule has 1 amide bonds. The van der Waals surface area contributed by atoms with Gasteiger partial charge in [0.1, 0.15) is 11.4 Å². The van der Waals surface area contributed by atoms with Crippen molar-refractivity contribution >= 4 is 17.6 Å². The monoisotopic (exact) mass is 488 g/mol. The van der Waals surface area contributed by atoms with Crippen LogP contribution in [0.5, 0.6) is 0 Å². The largest absolute Gasteiger partial charge is 0.465 e. The number of amides is 1. The zero-order valence-corrected chi connectivity index (χ0v) is 19.6. The Morgan fingerprint density at radius 2 is 1.89 bits per heavy atom. The first-order chi connectivity index (χ1) is 17.2. The summed E-state index contributed by atoms with van der Waals surface area (Å²) in [5, 5.41) is 7.16. The number of hydrogen-bond acceptors (Lipinski definition) is 7. The number of nitrogens with zero attached hydrogens (tertiary/aromatic N) is 2. The first kappa shape index (κ1) is 24.2. The van der Waals surface area contributed by atoms with Crippen LogP contribution in [-0.4, -0.2) is 38.7 Å². The Morgan fingerprint density at radius 1 is 1.11 bits per heavy atom. The van der Waals surface area contributed by atoms with Gasteiger partial charge in [0.05, 0.1) is 31.5 Å². The summed E-state index contributed by atoms with van der Waals surface area (Å²) in [5.74, 6) is -1.07. The van der Waals surface area contributed by atoms with Gasteiger partial charge in [-0.05, 0) is 41.8 Å². The fourth-order valence-electron chi connectivity index (χ4n) is 3.72. The lowest BCUT2D eigenvalue weighted by atomic mass is 10.0. The summed E-state index contributed by atoms with van der Waals surface area (Å²) in [6.07, 6.45) is 3.61. The van der Waals surface area contributed by atoms with Crippen LogP contribution >= 0.6 is 0 Å². The number of anilines is 1. The third-order valence-electron chi connectivity index (χ3n) is 5.60. The van der Waals surface area contributed by atoms with Crippen molar-refractivity contribution < 1.29 is 14.3 Å². The Labute approximate surface area is 204 Å². The molecule has 2 heterocycles. The van der Waals surface area contributed by atoms with Gasteiger partial charge < -0.3 is 20.8 Å². The van der Waals surface area contributed by atoms with Gasteiger partial charge >= 0.3 is 11.7 Å². The molecular weight excluding hydrogens is 464 g/mol. The molecule has 0 bridgehead atoms. The van der Waals surface area contributed by atoms with Crippen molar-refractivity contribution in [2.45, 2.75) is 19.5 Å². The van der Waals surface area contributed by atoms with Crippen LogP contribution < -0.4 is 22.3 Å². The third-order valence-corrected chi connectivity index (χ3v) is 5.60. The average molecular weight is 489 g/mol. The number of aromatic amines is 2.